The largest absolute Gasteiger partial charge is 0.416 e. The normalized spacial score (nSPS) is 14.8. The van der Waals surface area contributed by atoms with E-state index in [9.17, 15) is 18.0 Å². The second kappa shape index (κ2) is 12.2. The number of nitrogens with zero attached hydrogens (tertiary/aromatic N) is 3. The maximum absolute atomic E-state index is 13.0. The summed E-state index contributed by atoms with van der Waals surface area (Å²) in [7, 11) is 0. The van der Waals surface area contributed by atoms with Crippen LogP contribution in [0.1, 0.15) is 66.9 Å². The Balaban J connectivity index is 1.74. The molecule has 0 aliphatic carbocycles. The fourth-order valence-electron chi connectivity index (χ4n) is 3.82. The molecule has 1 aromatic heterocycles. The Kier molecular flexibility index (Phi) is 9.38. The first kappa shape index (κ1) is 26.1. The Morgan fingerprint density at radius 3 is 2.59 bits per heavy atom. The second-order valence-corrected chi connectivity index (χ2v) is 9.64. The summed E-state index contributed by atoms with van der Waals surface area (Å²) in [6, 6.07) is 4.78. The topological polar surface area (TPSA) is 58.1 Å². The van der Waals surface area contributed by atoms with Crippen LogP contribution in [-0.4, -0.2) is 34.2 Å². The predicted molar refractivity (Wildman–Crippen MR) is 130 cm³/mol. The van der Waals surface area contributed by atoms with Gasteiger partial charge in [0.05, 0.1) is 5.56 Å². The lowest BCUT2D eigenvalue weighted by Gasteiger charge is -2.21. The number of hydrogen-bond donors (Lipinski definition) is 1. The van der Waals surface area contributed by atoms with Crippen LogP contribution in [0, 0.1) is 0 Å². The monoisotopic (exact) mass is 492 g/mol. The fourth-order valence-corrected chi connectivity index (χ4v) is 4.89. The molecule has 1 fully saturated rings. The van der Waals surface area contributed by atoms with E-state index in [-0.39, 0.29) is 12.5 Å². The molecule has 0 bridgehead atoms. The summed E-state index contributed by atoms with van der Waals surface area (Å²) < 4.78 is 38.3. The SMILES string of the molecule is C=CCC(CCCC)Sc1ncc(C(=O)NCc2ccc(C(F)(F)F)cc2)c(N2CCCC2)n1. The van der Waals surface area contributed by atoms with Crippen molar-refractivity contribution in [2.24, 2.45) is 0 Å². The van der Waals surface area contributed by atoms with Gasteiger partial charge in [-0.25, -0.2) is 9.97 Å². The van der Waals surface area contributed by atoms with Gasteiger partial charge in [0, 0.05) is 31.1 Å². The van der Waals surface area contributed by atoms with Gasteiger partial charge in [-0.2, -0.15) is 13.2 Å². The van der Waals surface area contributed by atoms with Crippen LogP contribution >= 0.6 is 11.8 Å². The van der Waals surface area contributed by atoms with Crippen LogP contribution in [0.25, 0.3) is 0 Å². The molecule has 3 rings (SSSR count). The van der Waals surface area contributed by atoms with E-state index in [0.29, 0.717) is 27.4 Å². The average Bonchev–Trinajstić information content (AvgIpc) is 3.36. The third kappa shape index (κ3) is 7.22. The molecule has 1 aliphatic heterocycles. The van der Waals surface area contributed by atoms with Gasteiger partial charge >= 0.3 is 6.18 Å². The van der Waals surface area contributed by atoms with Crippen molar-refractivity contribution < 1.29 is 18.0 Å². The van der Waals surface area contributed by atoms with Gasteiger partial charge in [0.25, 0.3) is 5.91 Å². The number of halogens is 3. The number of thioether (sulfide) groups is 1. The minimum Gasteiger partial charge on any atom is -0.356 e. The molecule has 1 amide bonds. The maximum atomic E-state index is 13.0. The number of amides is 1. The van der Waals surface area contributed by atoms with Crippen LogP contribution in [0.2, 0.25) is 0 Å². The third-order valence-corrected chi connectivity index (χ3v) is 6.88. The molecule has 184 valence electrons. The minimum atomic E-state index is -4.38. The van der Waals surface area contributed by atoms with Gasteiger partial charge in [-0.05, 0) is 43.4 Å². The van der Waals surface area contributed by atoms with E-state index in [1.165, 1.54) is 12.1 Å². The number of benzene rings is 1. The summed E-state index contributed by atoms with van der Waals surface area (Å²) in [6.07, 6.45) is 5.32. The first-order chi connectivity index (χ1) is 16.3. The molecule has 2 heterocycles. The van der Waals surface area contributed by atoms with Gasteiger partial charge in [-0.1, -0.05) is 49.7 Å². The molecule has 1 saturated heterocycles. The Bertz CT molecular complexity index is 960. The predicted octanol–water partition coefficient (Wildman–Crippen LogP) is 6.25. The van der Waals surface area contributed by atoms with Crippen LogP contribution in [-0.2, 0) is 12.7 Å². The average molecular weight is 493 g/mol. The Morgan fingerprint density at radius 1 is 1.26 bits per heavy atom. The first-order valence-electron chi connectivity index (χ1n) is 11.7. The molecule has 34 heavy (non-hydrogen) atoms. The number of carbonyl (C=O) groups is 1. The van der Waals surface area contributed by atoms with Crippen molar-refractivity contribution >= 4 is 23.5 Å². The van der Waals surface area contributed by atoms with Gasteiger partial charge in [-0.15, -0.1) is 6.58 Å². The molecule has 1 N–H and O–H groups in total. The second-order valence-electron chi connectivity index (χ2n) is 8.37. The molecule has 9 heteroatoms. The zero-order chi connectivity index (χ0) is 24.6. The van der Waals surface area contributed by atoms with E-state index in [0.717, 1.165) is 63.7 Å². The fraction of sp³-hybridized carbons (Fsp3) is 0.480. The molecule has 1 aliphatic rings. The van der Waals surface area contributed by atoms with E-state index in [4.69, 9.17) is 4.98 Å². The smallest absolute Gasteiger partial charge is 0.356 e. The number of rotatable bonds is 11. The quantitative estimate of drug-likeness (QED) is 0.228. The molecular formula is C25H31F3N4OS. The van der Waals surface area contributed by atoms with E-state index in [2.05, 4.69) is 28.7 Å². The number of allylic oxidation sites excluding steroid dienone is 1. The Hall–Kier alpha value is -2.55. The van der Waals surface area contributed by atoms with E-state index in [1.54, 1.807) is 18.0 Å². The van der Waals surface area contributed by atoms with Crippen LogP contribution in [0.3, 0.4) is 0 Å². The molecule has 0 spiro atoms. The van der Waals surface area contributed by atoms with Crippen molar-refractivity contribution in [2.75, 3.05) is 18.0 Å². The molecular weight excluding hydrogens is 461 g/mol. The highest BCUT2D eigenvalue weighted by atomic mass is 32.2. The lowest BCUT2D eigenvalue weighted by atomic mass is 10.1. The highest BCUT2D eigenvalue weighted by molar-refractivity contribution is 7.99. The van der Waals surface area contributed by atoms with Gasteiger partial charge in [0.15, 0.2) is 5.16 Å². The summed E-state index contributed by atoms with van der Waals surface area (Å²) in [5, 5.41) is 3.78. The van der Waals surface area contributed by atoms with Crippen LogP contribution in [0.15, 0.2) is 48.3 Å². The third-order valence-electron chi connectivity index (χ3n) is 5.71. The summed E-state index contributed by atoms with van der Waals surface area (Å²) in [5.41, 5.74) is 0.251. The summed E-state index contributed by atoms with van der Waals surface area (Å²) >= 11 is 1.62. The molecule has 1 aromatic carbocycles. The maximum Gasteiger partial charge on any atom is 0.416 e. The lowest BCUT2D eigenvalue weighted by Crippen LogP contribution is -2.28. The van der Waals surface area contributed by atoms with Crippen LogP contribution in [0.5, 0.6) is 0 Å². The van der Waals surface area contributed by atoms with Crippen molar-refractivity contribution in [3.05, 3.63) is 59.8 Å². The van der Waals surface area contributed by atoms with E-state index < -0.39 is 11.7 Å². The number of nitrogens with one attached hydrogen (secondary N) is 1. The van der Waals surface area contributed by atoms with Crippen molar-refractivity contribution in [3.8, 4) is 0 Å². The Morgan fingerprint density at radius 2 is 1.97 bits per heavy atom. The molecule has 0 saturated carbocycles. The molecule has 5 nitrogen and oxygen atoms in total. The lowest BCUT2D eigenvalue weighted by molar-refractivity contribution is -0.137. The van der Waals surface area contributed by atoms with E-state index >= 15 is 0 Å². The first-order valence-corrected chi connectivity index (χ1v) is 12.5. The van der Waals surface area contributed by atoms with Crippen molar-refractivity contribution in [3.63, 3.8) is 0 Å². The number of anilines is 1. The van der Waals surface area contributed by atoms with Crippen LogP contribution < -0.4 is 10.2 Å². The number of alkyl halides is 3. The Labute approximate surface area is 203 Å². The highest BCUT2D eigenvalue weighted by Crippen LogP contribution is 2.31. The zero-order valence-electron chi connectivity index (χ0n) is 19.4. The van der Waals surface area contributed by atoms with Crippen molar-refractivity contribution in [1.82, 2.24) is 15.3 Å². The van der Waals surface area contributed by atoms with Crippen LogP contribution in [0.4, 0.5) is 19.0 Å². The number of unbranched alkanes of at least 4 members (excludes halogenated alkanes) is 1. The summed E-state index contributed by atoms with van der Waals surface area (Å²) in [5.74, 6) is 0.278. The van der Waals surface area contributed by atoms with Gasteiger partial charge < -0.3 is 10.2 Å². The standard InChI is InChI=1S/C25H31F3N4OS/c1-3-5-9-20(8-4-2)34-24-30-17-21(22(31-24)32-14-6-7-15-32)23(33)29-16-18-10-12-19(13-11-18)25(26,27)28/h4,10-13,17,20H,2-3,5-9,14-16H2,1H3,(H,29,33). The van der Waals surface area contributed by atoms with E-state index in [1.807, 2.05) is 6.08 Å². The number of carbonyl (C=O) groups excluding carboxylic acids is 1. The number of aromatic nitrogens is 2. The van der Waals surface area contributed by atoms with Gasteiger partial charge in [-0.3, -0.25) is 4.79 Å². The molecule has 1 atom stereocenters. The number of hydrogen-bond acceptors (Lipinski definition) is 5. The summed E-state index contributed by atoms with van der Waals surface area (Å²) in [6.45, 7) is 7.79. The summed E-state index contributed by atoms with van der Waals surface area (Å²) in [4.78, 5) is 24.3. The van der Waals surface area contributed by atoms with Gasteiger partial charge in [0.2, 0.25) is 0 Å². The minimum absolute atomic E-state index is 0.116. The molecule has 1 unspecified atom stereocenters. The van der Waals surface area contributed by atoms with Crippen molar-refractivity contribution in [1.29, 1.82) is 0 Å². The van der Waals surface area contributed by atoms with Gasteiger partial charge in [0.1, 0.15) is 11.4 Å². The van der Waals surface area contributed by atoms with Crippen molar-refractivity contribution in [2.45, 2.75) is 68.6 Å². The zero-order valence-corrected chi connectivity index (χ0v) is 20.2. The molecule has 2 aromatic rings. The highest BCUT2D eigenvalue weighted by Gasteiger charge is 2.30. The molecule has 0 radical (unpaired) electrons.